The van der Waals surface area contributed by atoms with E-state index in [9.17, 15) is 0 Å². The van der Waals surface area contributed by atoms with Crippen LogP contribution in [-0.2, 0) is 0 Å². The summed E-state index contributed by atoms with van der Waals surface area (Å²) in [6.07, 6.45) is 9.79. The van der Waals surface area contributed by atoms with Gasteiger partial charge in [0.25, 0.3) is 0 Å². The maximum Gasteiger partial charge on any atom is 0.0703 e. The number of hydrogen-bond donors (Lipinski definition) is 0. The van der Waals surface area contributed by atoms with Gasteiger partial charge in [0.2, 0.25) is 0 Å². The van der Waals surface area contributed by atoms with E-state index in [0.29, 0.717) is 4.58 Å². The molecular weight excluding hydrogens is 208 g/mol. The lowest BCUT2D eigenvalue weighted by Gasteiger charge is -2.19. The third-order valence-electron chi connectivity index (χ3n) is 2.30. The van der Waals surface area contributed by atoms with Crippen LogP contribution in [0.2, 0.25) is 0 Å². The standard InChI is InChI=1S/C12H22S2/c1-7-12(3,4)9-8-10(2)11(13-5)14-6/h7-8,11H,1,9H2,2-6H3/b10-8+. The summed E-state index contributed by atoms with van der Waals surface area (Å²) in [6, 6.07) is 0. The fourth-order valence-corrected chi connectivity index (χ4v) is 2.78. The second-order valence-corrected chi connectivity index (χ2v) is 6.33. The van der Waals surface area contributed by atoms with Gasteiger partial charge < -0.3 is 0 Å². The molecule has 2 heteroatoms. The van der Waals surface area contributed by atoms with Crippen molar-refractivity contribution >= 4 is 23.5 Å². The van der Waals surface area contributed by atoms with Gasteiger partial charge >= 0.3 is 0 Å². The highest BCUT2D eigenvalue weighted by molar-refractivity contribution is 8.16. The van der Waals surface area contributed by atoms with Crippen molar-refractivity contribution in [3.05, 3.63) is 24.3 Å². The molecule has 0 aromatic heterocycles. The van der Waals surface area contributed by atoms with E-state index in [-0.39, 0.29) is 5.41 Å². The van der Waals surface area contributed by atoms with Crippen molar-refractivity contribution in [2.24, 2.45) is 5.41 Å². The van der Waals surface area contributed by atoms with Crippen molar-refractivity contribution in [1.29, 1.82) is 0 Å². The molecule has 0 heterocycles. The molecule has 0 nitrogen and oxygen atoms in total. The van der Waals surface area contributed by atoms with Crippen molar-refractivity contribution in [1.82, 2.24) is 0 Å². The summed E-state index contributed by atoms with van der Waals surface area (Å²) in [6.45, 7) is 10.5. The van der Waals surface area contributed by atoms with Gasteiger partial charge in [-0.2, -0.15) is 0 Å². The molecule has 0 aliphatic carbocycles. The fraction of sp³-hybridized carbons (Fsp3) is 0.667. The average Bonchev–Trinajstić information content (AvgIpc) is 2.17. The van der Waals surface area contributed by atoms with Crippen LogP contribution in [0.1, 0.15) is 27.2 Å². The Morgan fingerprint density at radius 1 is 1.36 bits per heavy atom. The molecule has 0 unspecified atom stereocenters. The van der Waals surface area contributed by atoms with Crippen molar-refractivity contribution in [2.75, 3.05) is 12.5 Å². The van der Waals surface area contributed by atoms with E-state index < -0.39 is 0 Å². The molecule has 0 aromatic carbocycles. The van der Waals surface area contributed by atoms with Gasteiger partial charge in [0, 0.05) is 0 Å². The van der Waals surface area contributed by atoms with Crippen molar-refractivity contribution in [3.8, 4) is 0 Å². The van der Waals surface area contributed by atoms with Gasteiger partial charge in [-0.3, -0.25) is 0 Å². The first kappa shape index (κ1) is 14.2. The van der Waals surface area contributed by atoms with Crippen LogP contribution in [0.3, 0.4) is 0 Å². The molecule has 0 aliphatic rings. The molecule has 0 fully saturated rings. The topological polar surface area (TPSA) is 0 Å². The Morgan fingerprint density at radius 2 is 1.86 bits per heavy atom. The highest BCUT2D eigenvalue weighted by Crippen LogP contribution is 2.29. The van der Waals surface area contributed by atoms with Crippen LogP contribution >= 0.6 is 23.5 Å². The molecule has 0 N–H and O–H groups in total. The Morgan fingerprint density at radius 3 is 2.21 bits per heavy atom. The van der Waals surface area contributed by atoms with Crippen LogP contribution in [0.4, 0.5) is 0 Å². The van der Waals surface area contributed by atoms with Gasteiger partial charge in [-0.1, -0.05) is 31.6 Å². The summed E-state index contributed by atoms with van der Waals surface area (Å²) in [7, 11) is 0. The van der Waals surface area contributed by atoms with Gasteiger partial charge in [-0.25, -0.2) is 0 Å². The summed E-state index contributed by atoms with van der Waals surface area (Å²) < 4.78 is 0.607. The second kappa shape index (κ2) is 6.62. The lowest BCUT2D eigenvalue weighted by molar-refractivity contribution is 0.489. The molecule has 0 amide bonds. The van der Waals surface area contributed by atoms with Crippen LogP contribution in [0.15, 0.2) is 24.3 Å². The molecule has 82 valence electrons. The van der Waals surface area contributed by atoms with Crippen molar-refractivity contribution in [2.45, 2.75) is 31.8 Å². The van der Waals surface area contributed by atoms with Crippen LogP contribution in [0.25, 0.3) is 0 Å². The van der Waals surface area contributed by atoms with Crippen LogP contribution in [0, 0.1) is 5.41 Å². The predicted molar refractivity (Wildman–Crippen MR) is 73.2 cm³/mol. The predicted octanol–water partition coefficient (Wildman–Crippen LogP) is 4.59. The third kappa shape index (κ3) is 5.16. The van der Waals surface area contributed by atoms with Gasteiger partial charge in [-0.15, -0.1) is 30.1 Å². The Kier molecular flexibility index (Phi) is 6.71. The molecule has 14 heavy (non-hydrogen) atoms. The summed E-state index contributed by atoms with van der Waals surface area (Å²) in [5, 5.41) is 0. The third-order valence-corrected chi connectivity index (χ3v) is 5.06. The maximum absolute atomic E-state index is 3.86. The monoisotopic (exact) mass is 230 g/mol. The average molecular weight is 230 g/mol. The first-order valence-electron chi connectivity index (χ1n) is 4.82. The Balaban J connectivity index is 4.30. The van der Waals surface area contributed by atoms with Gasteiger partial charge in [0.15, 0.2) is 0 Å². The molecule has 0 aliphatic heterocycles. The van der Waals surface area contributed by atoms with Crippen molar-refractivity contribution < 1.29 is 0 Å². The Bertz CT molecular complexity index is 200. The molecule has 0 radical (unpaired) electrons. The van der Waals surface area contributed by atoms with E-state index in [4.69, 9.17) is 0 Å². The number of thioether (sulfide) groups is 2. The van der Waals surface area contributed by atoms with E-state index in [1.54, 1.807) is 0 Å². The number of rotatable bonds is 6. The van der Waals surface area contributed by atoms with E-state index in [2.05, 4.69) is 45.9 Å². The van der Waals surface area contributed by atoms with Crippen LogP contribution < -0.4 is 0 Å². The van der Waals surface area contributed by atoms with E-state index in [1.165, 1.54) is 5.57 Å². The highest BCUT2D eigenvalue weighted by Gasteiger charge is 2.12. The maximum atomic E-state index is 3.86. The minimum absolute atomic E-state index is 0.225. The van der Waals surface area contributed by atoms with Gasteiger partial charge in [0.1, 0.15) is 0 Å². The SMILES string of the molecule is C=CC(C)(C)C/C=C(\C)C(SC)SC. The van der Waals surface area contributed by atoms with Crippen LogP contribution in [-0.4, -0.2) is 17.1 Å². The van der Waals surface area contributed by atoms with Gasteiger partial charge in [0.05, 0.1) is 4.58 Å². The van der Waals surface area contributed by atoms with Crippen LogP contribution in [0.5, 0.6) is 0 Å². The minimum atomic E-state index is 0.225. The summed E-state index contributed by atoms with van der Waals surface area (Å²) in [4.78, 5) is 0. The van der Waals surface area contributed by atoms with E-state index in [0.717, 1.165) is 6.42 Å². The number of allylic oxidation sites excluding steroid dienone is 2. The lowest BCUT2D eigenvalue weighted by Crippen LogP contribution is -2.06. The zero-order valence-electron chi connectivity index (χ0n) is 9.96. The van der Waals surface area contributed by atoms with E-state index >= 15 is 0 Å². The van der Waals surface area contributed by atoms with E-state index in [1.807, 2.05) is 29.6 Å². The minimum Gasteiger partial charge on any atom is -0.147 e. The van der Waals surface area contributed by atoms with Crippen molar-refractivity contribution in [3.63, 3.8) is 0 Å². The molecule has 0 bridgehead atoms. The first-order valence-corrected chi connectivity index (χ1v) is 7.40. The summed E-state index contributed by atoms with van der Waals surface area (Å²) in [5.74, 6) is 0. The Labute approximate surface area is 97.6 Å². The largest absolute Gasteiger partial charge is 0.147 e. The first-order chi connectivity index (χ1) is 6.46. The smallest absolute Gasteiger partial charge is 0.0703 e. The molecule has 0 atom stereocenters. The molecular formula is C12H22S2. The highest BCUT2D eigenvalue weighted by atomic mass is 32.2. The zero-order valence-corrected chi connectivity index (χ0v) is 11.6. The number of hydrogen-bond acceptors (Lipinski definition) is 2. The molecule has 0 saturated heterocycles. The summed E-state index contributed by atoms with van der Waals surface area (Å²) in [5.41, 5.74) is 1.70. The second-order valence-electron chi connectivity index (χ2n) is 4.15. The molecule has 0 spiro atoms. The fourth-order valence-electron chi connectivity index (χ4n) is 1.07. The summed E-state index contributed by atoms with van der Waals surface area (Å²) >= 11 is 3.81. The normalized spacial score (nSPS) is 13.4. The van der Waals surface area contributed by atoms with Gasteiger partial charge in [-0.05, 0) is 31.3 Å². The lowest BCUT2D eigenvalue weighted by atomic mass is 9.89. The molecule has 0 saturated carbocycles. The molecule has 0 aromatic rings. The zero-order chi connectivity index (χ0) is 11.2. The quantitative estimate of drug-likeness (QED) is 0.483. The molecule has 0 rings (SSSR count). The Hall–Kier alpha value is 0.180.